The van der Waals surface area contributed by atoms with Crippen LogP contribution in [-0.4, -0.2) is 19.0 Å². The molecule has 1 saturated heterocycles. The van der Waals surface area contributed by atoms with E-state index in [2.05, 4.69) is 10.6 Å². The van der Waals surface area contributed by atoms with Gasteiger partial charge in [0, 0.05) is 17.5 Å². The number of carbonyl (C=O) groups is 1. The number of benzene rings is 1. The van der Waals surface area contributed by atoms with E-state index >= 15 is 0 Å². The minimum Gasteiger partial charge on any atom is -0.352 e. The molecule has 4 heteroatoms. The van der Waals surface area contributed by atoms with Crippen LogP contribution >= 0.6 is 11.6 Å². The summed E-state index contributed by atoms with van der Waals surface area (Å²) in [6.45, 7) is 4.47. The molecule has 0 saturated carbocycles. The Labute approximate surface area is 107 Å². The van der Waals surface area contributed by atoms with Crippen LogP contribution in [0.15, 0.2) is 24.3 Å². The summed E-state index contributed by atoms with van der Waals surface area (Å²) in [6, 6.07) is 7.53. The molecule has 1 aromatic rings. The third-order valence-electron chi connectivity index (χ3n) is 3.31. The van der Waals surface area contributed by atoms with Crippen LogP contribution in [-0.2, 0) is 11.3 Å². The van der Waals surface area contributed by atoms with Gasteiger partial charge in [-0.3, -0.25) is 4.79 Å². The van der Waals surface area contributed by atoms with Gasteiger partial charge in [-0.25, -0.2) is 0 Å². The first-order valence-electron chi connectivity index (χ1n) is 5.89. The van der Waals surface area contributed by atoms with Crippen LogP contribution in [0.4, 0.5) is 0 Å². The highest BCUT2D eigenvalue weighted by atomic mass is 35.5. The summed E-state index contributed by atoms with van der Waals surface area (Å²) >= 11 is 5.80. The zero-order chi connectivity index (χ0) is 12.3. The van der Waals surface area contributed by atoms with Crippen molar-refractivity contribution < 1.29 is 4.79 Å². The third-order valence-corrected chi connectivity index (χ3v) is 3.57. The molecule has 1 amide bonds. The van der Waals surface area contributed by atoms with E-state index in [0.717, 1.165) is 18.7 Å². The van der Waals surface area contributed by atoms with Crippen LogP contribution < -0.4 is 10.6 Å². The zero-order valence-corrected chi connectivity index (χ0v) is 10.6. The van der Waals surface area contributed by atoms with Gasteiger partial charge in [0.15, 0.2) is 0 Å². The molecule has 1 unspecified atom stereocenters. The summed E-state index contributed by atoms with van der Waals surface area (Å²) in [7, 11) is 0. The van der Waals surface area contributed by atoms with Gasteiger partial charge in [-0.15, -0.1) is 0 Å². The predicted octanol–water partition coefficient (Wildman–Crippen LogP) is 1.81. The first-order chi connectivity index (χ1) is 8.16. The maximum Gasteiger partial charge on any atom is 0.223 e. The molecule has 0 aromatic heterocycles. The fourth-order valence-corrected chi connectivity index (χ4v) is 1.96. The number of rotatable bonds is 4. The lowest BCUT2D eigenvalue weighted by atomic mass is 9.88. The summed E-state index contributed by atoms with van der Waals surface area (Å²) < 4.78 is 0. The Morgan fingerprint density at radius 3 is 2.65 bits per heavy atom. The normalized spacial score (nSPS) is 17.3. The first-order valence-corrected chi connectivity index (χ1v) is 6.27. The summed E-state index contributed by atoms with van der Waals surface area (Å²) in [6.07, 6.45) is 0. The van der Waals surface area contributed by atoms with E-state index in [-0.39, 0.29) is 11.8 Å². The van der Waals surface area contributed by atoms with Crippen molar-refractivity contribution in [2.24, 2.45) is 11.8 Å². The Balaban J connectivity index is 1.81. The highest BCUT2D eigenvalue weighted by molar-refractivity contribution is 6.30. The van der Waals surface area contributed by atoms with Crippen molar-refractivity contribution in [2.75, 3.05) is 13.1 Å². The van der Waals surface area contributed by atoms with Gasteiger partial charge < -0.3 is 10.6 Å². The van der Waals surface area contributed by atoms with E-state index in [1.807, 2.05) is 31.2 Å². The molecule has 1 heterocycles. The zero-order valence-electron chi connectivity index (χ0n) is 9.87. The highest BCUT2D eigenvalue weighted by Gasteiger charge is 2.28. The Morgan fingerprint density at radius 2 is 2.12 bits per heavy atom. The van der Waals surface area contributed by atoms with Crippen molar-refractivity contribution in [2.45, 2.75) is 13.5 Å². The molecule has 1 aromatic carbocycles. The van der Waals surface area contributed by atoms with Gasteiger partial charge in [-0.2, -0.15) is 0 Å². The van der Waals surface area contributed by atoms with Crippen LogP contribution in [0.1, 0.15) is 12.5 Å². The average Bonchev–Trinajstić information content (AvgIpc) is 2.25. The number of hydrogen-bond acceptors (Lipinski definition) is 2. The Hall–Kier alpha value is -1.06. The maximum absolute atomic E-state index is 11.9. The quantitative estimate of drug-likeness (QED) is 0.858. The van der Waals surface area contributed by atoms with Crippen molar-refractivity contribution in [3.05, 3.63) is 34.9 Å². The second-order valence-electron chi connectivity index (χ2n) is 4.55. The Morgan fingerprint density at radius 1 is 1.47 bits per heavy atom. The van der Waals surface area contributed by atoms with Gasteiger partial charge in [0.25, 0.3) is 0 Å². The van der Waals surface area contributed by atoms with E-state index in [4.69, 9.17) is 11.6 Å². The number of nitrogens with one attached hydrogen (secondary N) is 2. The molecule has 2 N–H and O–H groups in total. The Kier molecular flexibility index (Phi) is 4.02. The second-order valence-corrected chi connectivity index (χ2v) is 4.99. The van der Waals surface area contributed by atoms with Gasteiger partial charge >= 0.3 is 0 Å². The summed E-state index contributed by atoms with van der Waals surface area (Å²) in [4.78, 5) is 11.9. The van der Waals surface area contributed by atoms with Gasteiger partial charge in [0.05, 0.1) is 0 Å². The van der Waals surface area contributed by atoms with E-state index in [1.54, 1.807) is 0 Å². The molecule has 3 nitrogen and oxygen atoms in total. The second kappa shape index (κ2) is 5.52. The number of carbonyl (C=O) groups excluding carboxylic acids is 1. The average molecular weight is 253 g/mol. The summed E-state index contributed by atoms with van der Waals surface area (Å²) in [5.41, 5.74) is 1.07. The maximum atomic E-state index is 11.9. The molecular weight excluding hydrogens is 236 g/mol. The topological polar surface area (TPSA) is 41.1 Å². The highest BCUT2D eigenvalue weighted by Crippen LogP contribution is 2.16. The van der Waals surface area contributed by atoms with Crippen LogP contribution in [0.25, 0.3) is 0 Å². The molecule has 1 atom stereocenters. The fourth-order valence-electron chi connectivity index (χ4n) is 1.83. The standard InChI is InChI=1S/C13H17ClN2O/c1-9(11-7-15-8-11)13(17)16-6-10-2-4-12(14)5-3-10/h2-5,9,11,15H,6-8H2,1H3,(H,16,17). The minimum atomic E-state index is 0.0866. The number of hydrogen-bond donors (Lipinski definition) is 2. The molecule has 1 fully saturated rings. The molecular formula is C13H17ClN2O. The predicted molar refractivity (Wildman–Crippen MR) is 68.8 cm³/mol. The van der Waals surface area contributed by atoms with E-state index in [9.17, 15) is 4.79 Å². The van der Waals surface area contributed by atoms with Gasteiger partial charge in [-0.1, -0.05) is 30.7 Å². The molecule has 1 aliphatic heterocycles. The lowest BCUT2D eigenvalue weighted by molar-refractivity contribution is -0.126. The van der Waals surface area contributed by atoms with Gasteiger partial charge in [-0.05, 0) is 36.7 Å². The number of amides is 1. The lowest BCUT2D eigenvalue weighted by Gasteiger charge is -2.31. The first kappa shape index (κ1) is 12.4. The van der Waals surface area contributed by atoms with E-state index in [1.165, 1.54) is 0 Å². The molecule has 1 aliphatic rings. The summed E-state index contributed by atoms with van der Waals surface area (Å²) in [5, 5.41) is 6.86. The Bertz CT molecular complexity index is 387. The smallest absolute Gasteiger partial charge is 0.223 e. The molecule has 0 radical (unpaired) electrons. The van der Waals surface area contributed by atoms with Crippen molar-refractivity contribution in [3.63, 3.8) is 0 Å². The van der Waals surface area contributed by atoms with Crippen molar-refractivity contribution in [1.82, 2.24) is 10.6 Å². The molecule has 92 valence electrons. The lowest BCUT2D eigenvalue weighted by Crippen LogP contribution is -2.49. The molecule has 0 bridgehead atoms. The minimum absolute atomic E-state index is 0.0866. The molecule has 0 spiro atoms. The van der Waals surface area contributed by atoms with Crippen LogP contribution in [0, 0.1) is 11.8 Å². The van der Waals surface area contributed by atoms with Crippen molar-refractivity contribution >= 4 is 17.5 Å². The van der Waals surface area contributed by atoms with E-state index < -0.39 is 0 Å². The SMILES string of the molecule is CC(C(=O)NCc1ccc(Cl)cc1)C1CNC1. The summed E-state index contributed by atoms with van der Waals surface area (Å²) in [5.74, 6) is 0.704. The largest absolute Gasteiger partial charge is 0.352 e. The van der Waals surface area contributed by atoms with Gasteiger partial charge in [0.2, 0.25) is 5.91 Å². The number of halogens is 1. The van der Waals surface area contributed by atoms with Crippen LogP contribution in [0.5, 0.6) is 0 Å². The molecule has 0 aliphatic carbocycles. The van der Waals surface area contributed by atoms with Gasteiger partial charge in [0.1, 0.15) is 0 Å². The van der Waals surface area contributed by atoms with Crippen LogP contribution in [0.3, 0.4) is 0 Å². The molecule has 17 heavy (non-hydrogen) atoms. The van der Waals surface area contributed by atoms with Crippen LogP contribution in [0.2, 0.25) is 5.02 Å². The third kappa shape index (κ3) is 3.20. The van der Waals surface area contributed by atoms with E-state index in [0.29, 0.717) is 17.5 Å². The monoisotopic (exact) mass is 252 g/mol. The fraction of sp³-hybridized carbons (Fsp3) is 0.462. The van der Waals surface area contributed by atoms with Crippen molar-refractivity contribution in [1.29, 1.82) is 0 Å². The van der Waals surface area contributed by atoms with Crippen molar-refractivity contribution in [3.8, 4) is 0 Å². The molecule has 2 rings (SSSR count).